The smallest absolute Gasteiger partial charge is 0.0345 e. The lowest BCUT2D eigenvalue weighted by atomic mass is 10.1. The van der Waals surface area contributed by atoms with Gasteiger partial charge in [0.1, 0.15) is 0 Å². The predicted molar refractivity (Wildman–Crippen MR) is 47.8 cm³/mol. The van der Waals surface area contributed by atoms with Crippen molar-refractivity contribution in [1.82, 2.24) is 0 Å². The molecule has 0 aromatic carbocycles. The number of rotatable bonds is 3. The summed E-state index contributed by atoms with van der Waals surface area (Å²) in [5.74, 6) is 0. The Morgan fingerprint density at radius 2 is 1.90 bits per heavy atom. The van der Waals surface area contributed by atoms with Gasteiger partial charge in [0, 0.05) is 0 Å². The third-order valence-corrected chi connectivity index (χ3v) is 1.71. The van der Waals surface area contributed by atoms with E-state index in [0.717, 1.165) is 12.8 Å². The van der Waals surface area contributed by atoms with Crippen LogP contribution in [0.1, 0.15) is 33.6 Å². The second kappa shape index (κ2) is 5.28. The first kappa shape index (κ1) is 9.48. The van der Waals surface area contributed by atoms with Gasteiger partial charge >= 0.3 is 0 Å². The van der Waals surface area contributed by atoms with Crippen LogP contribution in [-0.4, -0.2) is 0 Å². The summed E-state index contributed by atoms with van der Waals surface area (Å²) in [6.45, 7) is 10.1. The summed E-state index contributed by atoms with van der Waals surface area (Å²) in [6.07, 6.45) is 6.46. The van der Waals surface area contributed by atoms with Gasteiger partial charge in [-0.15, -0.1) is 0 Å². The van der Waals surface area contributed by atoms with Gasteiger partial charge < -0.3 is 0 Å². The maximum atomic E-state index is 3.78. The molecular weight excluding hydrogens is 120 g/mol. The summed E-state index contributed by atoms with van der Waals surface area (Å²) in [7, 11) is 0. The highest BCUT2D eigenvalue weighted by Crippen LogP contribution is 2.08. The minimum absolute atomic E-state index is 0.994. The molecule has 1 radical (unpaired) electrons. The Labute approximate surface area is 64.6 Å². The largest absolute Gasteiger partial charge is 0.0845 e. The van der Waals surface area contributed by atoms with E-state index < -0.39 is 0 Å². The van der Waals surface area contributed by atoms with Crippen LogP contribution in [0, 0.1) is 6.92 Å². The van der Waals surface area contributed by atoms with E-state index in [0.29, 0.717) is 0 Å². The molecule has 0 spiro atoms. The highest BCUT2D eigenvalue weighted by molar-refractivity contribution is 5.25. The number of allylic oxidation sites excluding steroid dienone is 4. The standard InChI is InChI=1S/C10H17/c1-5-7-8-10(4)9(3)6-2/h6,8H,1,5,7H2,2-4H3/b9-6+,10-8-. The summed E-state index contributed by atoms with van der Waals surface area (Å²) in [6, 6.07) is 0. The Hall–Kier alpha value is -0.520. The molecule has 0 N–H and O–H groups in total. The minimum Gasteiger partial charge on any atom is -0.0845 e. The SMILES string of the molecule is [CH2]CC/C=C(C)\C(C)=C\C. The summed E-state index contributed by atoms with van der Waals surface area (Å²) < 4.78 is 0. The third-order valence-electron chi connectivity index (χ3n) is 1.71. The van der Waals surface area contributed by atoms with Gasteiger partial charge in [-0.2, -0.15) is 0 Å². The van der Waals surface area contributed by atoms with E-state index in [-0.39, 0.29) is 0 Å². The second-order valence-electron chi connectivity index (χ2n) is 2.50. The molecule has 0 fully saturated rings. The summed E-state index contributed by atoms with van der Waals surface area (Å²) >= 11 is 0. The van der Waals surface area contributed by atoms with Crippen LogP contribution in [0.25, 0.3) is 0 Å². The van der Waals surface area contributed by atoms with Crippen molar-refractivity contribution in [3.05, 3.63) is 30.2 Å². The lowest BCUT2D eigenvalue weighted by molar-refractivity contribution is 1.03. The zero-order valence-corrected chi connectivity index (χ0v) is 7.28. The Balaban J connectivity index is 3.93. The number of unbranched alkanes of at least 4 members (excludes halogenated alkanes) is 1. The van der Waals surface area contributed by atoms with Crippen molar-refractivity contribution in [2.45, 2.75) is 33.6 Å². The van der Waals surface area contributed by atoms with E-state index in [4.69, 9.17) is 0 Å². The molecule has 0 atom stereocenters. The topological polar surface area (TPSA) is 0 Å². The van der Waals surface area contributed by atoms with E-state index >= 15 is 0 Å². The lowest BCUT2D eigenvalue weighted by Gasteiger charge is -1.98. The fraction of sp³-hybridized carbons (Fsp3) is 0.500. The summed E-state index contributed by atoms with van der Waals surface area (Å²) in [5.41, 5.74) is 2.75. The highest BCUT2D eigenvalue weighted by Gasteiger charge is 1.88. The predicted octanol–water partition coefficient (Wildman–Crippen LogP) is 3.51. The van der Waals surface area contributed by atoms with Gasteiger partial charge in [0.2, 0.25) is 0 Å². The Morgan fingerprint density at radius 1 is 1.30 bits per heavy atom. The zero-order chi connectivity index (χ0) is 7.98. The lowest BCUT2D eigenvalue weighted by Crippen LogP contribution is -1.77. The molecule has 0 aromatic rings. The van der Waals surface area contributed by atoms with Gasteiger partial charge in [-0.05, 0) is 33.6 Å². The molecule has 10 heavy (non-hydrogen) atoms. The van der Waals surface area contributed by atoms with Gasteiger partial charge in [0.15, 0.2) is 0 Å². The molecule has 0 aliphatic heterocycles. The first-order chi connectivity index (χ1) is 4.72. The van der Waals surface area contributed by atoms with Crippen LogP contribution in [-0.2, 0) is 0 Å². The summed E-state index contributed by atoms with van der Waals surface area (Å²) in [5, 5.41) is 0. The van der Waals surface area contributed by atoms with Crippen LogP contribution in [0.3, 0.4) is 0 Å². The van der Waals surface area contributed by atoms with Crippen molar-refractivity contribution in [3.63, 3.8) is 0 Å². The normalized spacial score (nSPS) is 14.0. The zero-order valence-electron chi connectivity index (χ0n) is 7.28. The molecule has 0 unspecified atom stereocenters. The second-order valence-corrected chi connectivity index (χ2v) is 2.50. The van der Waals surface area contributed by atoms with Crippen molar-refractivity contribution in [2.24, 2.45) is 0 Å². The number of hydrogen-bond donors (Lipinski definition) is 0. The summed E-state index contributed by atoms with van der Waals surface area (Å²) in [4.78, 5) is 0. The van der Waals surface area contributed by atoms with Crippen LogP contribution < -0.4 is 0 Å². The van der Waals surface area contributed by atoms with Gasteiger partial charge in [-0.25, -0.2) is 0 Å². The van der Waals surface area contributed by atoms with Crippen molar-refractivity contribution >= 4 is 0 Å². The van der Waals surface area contributed by atoms with Crippen molar-refractivity contribution < 1.29 is 0 Å². The first-order valence-electron chi connectivity index (χ1n) is 3.81. The molecule has 0 heteroatoms. The molecule has 0 saturated heterocycles. The average molecular weight is 137 g/mol. The Kier molecular flexibility index (Phi) is 5.00. The molecule has 0 bridgehead atoms. The maximum Gasteiger partial charge on any atom is -0.0345 e. The first-order valence-corrected chi connectivity index (χ1v) is 3.81. The maximum absolute atomic E-state index is 3.78. The van der Waals surface area contributed by atoms with E-state index in [9.17, 15) is 0 Å². The monoisotopic (exact) mass is 137 g/mol. The Bertz CT molecular complexity index is 138. The average Bonchev–Trinajstić information content (AvgIpc) is 1.98. The fourth-order valence-electron chi connectivity index (χ4n) is 0.707. The molecule has 0 aliphatic rings. The van der Waals surface area contributed by atoms with Gasteiger partial charge in [0.25, 0.3) is 0 Å². The molecule has 0 aliphatic carbocycles. The van der Waals surface area contributed by atoms with E-state index in [1.54, 1.807) is 0 Å². The number of hydrogen-bond acceptors (Lipinski definition) is 0. The Morgan fingerprint density at radius 3 is 2.30 bits per heavy atom. The van der Waals surface area contributed by atoms with Crippen LogP contribution >= 0.6 is 0 Å². The molecule has 0 saturated carbocycles. The molecule has 0 amide bonds. The van der Waals surface area contributed by atoms with Crippen molar-refractivity contribution in [1.29, 1.82) is 0 Å². The minimum atomic E-state index is 0.994. The van der Waals surface area contributed by atoms with Crippen LogP contribution in [0.15, 0.2) is 23.3 Å². The van der Waals surface area contributed by atoms with Crippen LogP contribution in [0.2, 0.25) is 0 Å². The molecule has 0 heterocycles. The molecule has 0 rings (SSSR count). The fourth-order valence-corrected chi connectivity index (χ4v) is 0.707. The van der Waals surface area contributed by atoms with E-state index in [2.05, 4.69) is 39.8 Å². The van der Waals surface area contributed by atoms with E-state index in [1.807, 2.05) is 0 Å². The quantitative estimate of drug-likeness (QED) is 0.522. The molecular formula is C10H17. The van der Waals surface area contributed by atoms with Gasteiger partial charge in [-0.3, -0.25) is 0 Å². The van der Waals surface area contributed by atoms with Crippen LogP contribution in [0.4, 0.5) is 0 Å². The van der Waals surface area contributed by atoms with Crippen molar-refractivity contribution in [2.75, 3.05) is 0 Å². The third kappa shape index (κ3) is 3.49. The highest BCUT2D eigenvalue weighted by atomic mass is 13.9. The van der Waals surface area contributed by atoms with Gasteiger partial charge in [0.05, 0.1) is 0 Å². The molecule has 0 aromatic heterocycles. The van der Waals surface area contributed by atoms with E-state index in [1.165, 1.54) is 11.1 Å². The van der Waals surface area contributed by atoms with Gasteiger partial charge in [-0.1, -0.05) is 30.2 Å². The van der Waals surface area contributed by atoms with Crippen LogP contribution in [0.5, 0.6) is 0 Å². The molecule has 0 nitrogen and oxygen atoms in total. The molecule has 57 valence electrons. The van der Waals surface area contributed by atoms with Crippen molar-refractivity contribution in [3.8, 4) is 0 Å².